The largest absolute Gasteiger partial charge is 0.306 e. The number of thioether (sulfide) groups is 1. The summed E-state index contributed by atoms with van der Waals surface area (Å²) in [4.78, 5) is 4.30. The standard InChI is InChI=1S/C12H22N4S/c1-3-16-12(14-9-15-16)8-13-10-6-5-7-11(10)17-4-2/h9-11,13H,3-8H2,1-2H3. The van der Waals surface area contributed by atoms with Gasteiger partial charge in [0.25, 0.3) is 0 Å². The Bertz CT molecular complexity index is 339. The fourth-order valence-electron chi connectivity index (χ4n) is 2.48. The van der Waals surface area contributed by atoms with E-state index in [0.29, 0.717) is 6.04 Å². The highest BCUT2D eigenvalue weighted by atomic mass is 32.2. The minimum Gasteiger partial charge on any atom is -0.306 e. The number of nitrogens with one attached hydrogen (secondary N) is 1. The van der Waals surface area contributed by atoms with Gasteiger partial charge in [0.05, 0.1) is 6.54 Å². The van der Waals surface area contributed by atoms with Crippen molar-refractivity contribution < 1.29 is 0 Å². The van der Waals surface area contributed by atoms with Gasteiger partial charge in [-0.2, -0.15) is 16.9 Å². The fraction of sp³-hybridized carbons (Fsp3) is 0.833. The van der Waals surface area contributed by atoms with Crippen LogP contribution in [0.4, 0.5) is 0 Å². The van der Waals surface area contributed by atoms with Crippen molar-refractivity contribution in [2.24, 2.45) is 0 Å². The number of aryl methyl sites for hydroxylation is 1. The molecule has 4 nitrogen and oxygen atoms in total. The molecular formula is C12H22N4S. The number of rotatable bonds is 6. The van der Waals surface area contributed by atoms with Gasteiger partial charge in [0, 0.05) is 17.8 Å². The van der Waals surface area contributed by atoms with Gasteiger partial charge in [-0.25, -0.2) is 9.67 Å². The lowest BCUT2D eigenvalue weighted by atomic mass is 10.2. The third-order valence-corrected chi connectivity index (χ3v) is 4.68. The predicted octanol–water partition coefficient (Wildman–Crippen LogP) is 2.06. The third kappa shape index (κ3) is 3.22. The summed E-state index contributed by atoms with van der Waals surface area (Å²) in [6.07, 6.45) is 5.66. The summed E-state index contributed by atoms with van der Waals surface area (Å²) in [5.41, 5.74) is 0. The molecule has 0 aliphatic heterocycles. The van der Waals surface area contributed by atoms with Crippen molar-refractivity contribution >= 4 is 11.8 Å². The molecule has 0 bridgehead atoms. The third-order valence-electron chi connectivity index (χ3n) is 3.35. The van der Waals surface area contributed by atoms with E-state index in [1.165, 1.54) is 25.0 Å². The van der Waals surface area contributed by atoms with Gasteiger partial charge >= 0.3 is 0 Å². The van der Waals surface area contributed by atoms with Crippen LogP contribution in [0.15, 0.2) is 6.33 Å². The van der Waals surface area contributed by atoms with E-state index in [-0.39, 0.29) is 0 Å². The summed E-state index contributed by atoms with van der Waals surface area (Å²) >= 11 is 2.09. The first-order chi connectivity index (χ1) is 8.35. The number of nitrogens with zero attached hydrogens (tertiary/aromatic N) is 3. The zero-order valence-electron chi connectivity index (χ0n) is 10.7. The summed E-state index contributed by atoms with van der Waals surface area (Å²) in [7, 11) is 0. The summed E-state index contributed by atoms with van der Waals surface area (Å²) in [5, 5.41) is 8.63. The molecule has 17 heavy (non-hydrogen) atoms. The molecule has 1 N–H and O–H groups in total. The van der Waals surface area contributed by atoms with Crippen LogP contribution >= 0.6 is 11.8 Å². The number of aromatic nitrogens is 3. The molecule has 0 amide bonds. The highest BCUT2D eigenvalue weighted by Crippen LogP contribution is 2.29. The molecule has 1 heterocycles. The maximum atomic E-state index is 4.30. The van der Waals surface area contributed by atoms with Gasteiger partial charge in [0.15, 0.2) is 0 Å². The maximum Gasteiger partial charge on any atom is 0.140 e. The van der Waals surface area contributed by atoms with E-state index in [2.05, 4.69) is 41.0 Å². The minimum atomic E-state index is 0.655. The minimum absolute atomic E-state index is 0.655. The summed E-state index contributed by atoms with van der Waals surface area (Å²) in [6.45, 7) is 6.09. The van der Waals surface area contributed by atoms with Crippen LogP contribution in [0.25, 0.3) is 0 Å². The van der Waals surface area contributed by atoms with Crippen molar-refractivity contribution in [3.63, 3.8) is 0 Å². The average molecular weight is 254 g/mol. The van der Waals surface area contributed by atoms with Crippen LogP contribution in [0.2, 0.25) is 0 Å². The Morgan fingerprint density at radius 1 is 1.47 bits per heavy atom. The van der Waals surface area contributed by atoms with E-state index in [1.54, 1.807) is 6.33 Å². The molecule has 2 rings (SSSR count). The first-order valence-electron chi connectivity index (χ1n) is 6.56. The second-order valence-corrected chi connectivity index (χ2v) is 5.92. The molecule has 1 aliphatic rings. The molecule has 2 unspecified atom stereocenters. The summed E-state index contributed by atoms with van der Waals surface area (Å²) in [5.74, 6) is 2.27. The van der Waals surface area contributed by atoms with E-state index >= 15 is 0 Å². The first-order valence-corrected chi connectivity index (χ1v) is 7.61. The molecule has 2 atom stereocenters. The maximum absolute atomic E-state index is 4.30. The molecule has 5 heteroatoms. The normalized spacial score (nSPS) is 24.4. The lowest BCUT2D eigenvalue weighted by Gasteiger charge is -2.19. The molecular weight excluding hydrogens is 232 g/mol. The van der Waals surface area contributed by atoms with Crippen molar-refractivity contribution in [2.45, 2.75) is 57.5 Å². The van der Waals surface area contributed by atoms with Crippen LogP contribution in [0.5, 0.6) is 0 Å². The summed E-state index contributed by atoms with van der Waals surface area (Å²) in [6, 6.07) is 0.655. The summed E-state index contributed by atoms with van der Waals surface area (Å²) < 4.78 is 1.96. The Morgan fingerprint density at radius 2 is 2.35 bits per heavy atom. The second-order valence-electron chi connectivity index (χ2n) is 4.40. The van der Waals surface area contributed by atoms with Crippen LogP contribution in [-0.2, 0) is 13.1 Å². The topological polar surface area (TPSA) is 42.7 Å². The van der Waals surface area contributed by atoms with Crippen LogP contribution in [0.3, 0.4) is 0 Å². The molecule has 0 radical (unpaired) electrons. The van der Waals surface area contributed by atoms with E-state index in [1.807, 2.05) is 4.68 Å². The molecule has 1 saturated carbocycles. The van der Waals surface area contributed by atoms with Gasteiger partial charge in [-0.05, 0) is 25.5 Å². The lowest BCUT2D eigenvalue weighted by molar-refractivity contribution is 0.498. The van der Waals surface area contributed by atoms with E-state index in [0.717, 1.165) is 24.2 Å². The van der Waals surface area contributed by atoms with Gasteiger partial charge in [-0.1, -0.05) is 13.3 Å². The number of hydrogen-bond donors (Lipinski definition) is 1. The van der Waals surface area contributed by atoms with Crippen molar-refractivity contribution in [3.05, 3.63) is 12.2 Å². The van der Waals surface area contributed by atoms with Crippen molar-refractivity contribution in [1.29, 1.82) is 0 Å². The number of hydrogen-bond acceptors (Lipinski definition) is 4. The first kappa shape index (κ1) is 12.9. The van der Waals surface area contributed by atoms with E-state index in [9.17, 15) is 0 Å². The predicted molar refractivity (Wildman–Crippen MR) is 72.1 cm³/mol. The lowest BCUT2D eigenvalue weighted by Crippen LogP contribution is -2.34. The SMILES string of the molecule is CCSC1CCCC1NCc1ncnn1CC. The zero-order valence-corrected chi connectivity index (χ0v) is 11.5. The molecule has 0 aromatic carbocycles. The van der Waals surface area contributed by atoms with Gasteiger partial charge in [0.1, 0.15) is 12.2 Å². The Kier molecular flexibility index (Phi) is 4.86. The Labute approximate surface area is 108 Å². The highest BCUT2D eigenvalue weighted by molar-refractivity contribution is 7.99. The van der Waals surface area contributed by atoms with E-state index in [4.69, 9.17) is 0 Å². The molecule has 1 fully saturated rings. The molecule has 0 saturated heterocycles. The van der Waals surface area contributed by atoms with Crippen LogP contribution < -0.4 is 5.32 Å². The van der Waals surface area contributed by atoms with Gasteiger partial charge in [0.2, 0.25) is 0 Å². The fourth-order valence-corrected chi connectivity index (χ4v) is 3.71. The zero-order chi connectivity index (χ0) is 12.1. The molecule has 1 aliphatic carbocycles. The van der Waals surface area contributed by atoms with Gasteiger partial charge in [-0.15, -0.1) is 0 Å². The van der Waals surface area contributed by atoms with Crippen LogP contribution in [0.1, 0.15) is 38.9 Å². The molecule has 0 spiro atoms. The second kappa shape index (κ2) is 6.40. The van der Waals surface area contributed by atoms with E-state index < -0.39 is 0 Å². The Morgan fingerprint density at radius 3 is 3.12 bits per heavy atom. The molecule has 96 valence electrons. The molecule has 1 aromatic rings. The van der Waals surface area contributed by atoms with Crippen LogP contribution in [-0.4, -0.2) is 31.8 Å². The van der Waals surface area contributed by atoms with Crippen molar-refractivity contribution in [1.82, 2.24) is 20.1 Å². The quantitative estimate of drug-likeness (QED) is 0.844. The Balaban J connectivity index is 1.85. The van der Waals surface area contributed by atoms with Gasteiger partial charge < -0.3 is 5.32 Å². The van der Waals surface area contributed by atoms with Crippen molar-refractivity contribution in [3.8, 4) is 0 Å². The van der Waals surface area contributed by atoms with Crippen LogP contribution in [0, 0.1) is 0 Å². The smallest absolute Gasteiger partial charge is 0.140 e. The monoisotopic (exact) mass is 254 g/mol. The Hall–Kier alpha value is -0.550. The van der Waals surface area contributed by atoms with Crippen molar-refractivity contribution in [2.75, 3.05) is 5.75 Å². The average Bonchev–Trinajstić information content (AvgIpc) is 2.95. The van der Waals surface area contributed by atoms with Gasteiger partial charge in [-0.3, -0.25) is 0 Å². The highest BCUT2D eigenvalue weighted by Gasteiger charge is 2.26. The molecule has 1 aromatic heterocycles.